The third kappa shape index (κ3) is 8.41. The Bertz CT molecular complexity index is 636. The van der Waals surface area contributed by atoms with Gasteiger partial charge >= 0.3 is 0 Å². The Kier molecular flexibility index (Phi) is 6.83. The summed E-state index contributed by atoms with van der Waals surface area (Å²) < 4.78 is 27.1. The molecule has 1 rings (SSSR count). The molecule has 0 aliphatic heterocycles. The van der Waals surface area contributed by atoms with Crippen LogP contribution in [0, 0.1) is 5.41 Å². The number of aromatic nitrogens is 1. The molecule has 1 atom stereocenters. The summed E-state index contributed by atoms with van der Waals surface area (Å²) >= 11 is 0. The lowest BCUT2D eigenvalue weighted by atomic mass is 9.94. The molecule has 1 aromatic heterocycles. The second-order valence-corrected chi connectivity index (χ2v) is 8.24. The molecule has 0 unspecified atom stereocenters. The van der Waals surface area contributed by atoms with Gasteiger partial charge in [0.05, 0.1) is 23.7 Å². The second-order valence-electron chi connectivity index (χ2n) is 6.46. The molecular weight excluding hydrogens is 316 g/mol. The molecule has 0 aliphatic carbocycles. The van der Waals surface area contributed by atoms with Crippen molar-refractivity contribution in [1.82, 2.24) is 4.98 Å². The summed E-state index contributed by atoms with van der Waals surface area (Å²) in [6.45, 7) is 5.89. The molecule has 0 saturated carbocycles. The third-order valence-electron chi connectivity index (χ3n) is 2.97. The summed E-state index contributed by atoms with van der Waals surface area (Å²) in [5, 5.41) is 2.60. The zero-order chi connectivity index (χ0) is 17.5. The summed E-state index contributed by atoms with van der Waals surface area (Å²) in [6, 6.07) is 2.49. The minimum absolute atomic E-state index is 0.0237. The van der Waals surface area contributed by atoms with E-state index < -0.39 is 22.0 Å². The predicted octanol–water partition coefficient (Wildman–Crippen LogP) is 1.57. The molecule has 8 heteroatoms. The highest BCUT2D eigenvalue weighted by molar-refractivity contribution is 7.90. The average molecular weight is 340 g/mol. The molecule has 0 radical (unpaired) electrons. The molecule has 3 N–H and O–H groups in total. The van der Waals surface area contributed by atoms with E-state index >= 15 is 0 Å². The number of carbonyl (C=O) groups excluding carboxylic acids is 1. The summed E-state index contributed by atoms with van der Waals surface area (Å²) in [4.78, 5) is 15.7. The van der Waals surface area contributed by atoms with Crippen molar-refractivity contribution < 1.29 is 13.2 Å². The van der Waals surface area contributed by atoms with Gasteiger partial charge in [-0.2, -0.15) is 4.40 Å². The van der Waals surface area contributed by atoms with Crippen LogP contribution in [0.3, 0.4) is 0 Å². The predicted molar refractivity (Wildman–Crippen MR) is 91.8 cm³/mol. The van der Waals surface area contributed by atoms with Crippen LogP contribution in [0.2, 0.25) is 0 Å². The Morgan fingerprint density at radius 2 is 2.17 bits per heavy atom. The molecule has 0 aromatic carbocycles. The van der Waals surface area contributed by atoms with E-state index in [0.29, 0.717) is 12.1 Å². The largest absolute Gasteiger partial charge is 0.323 e. The van der Waals surface area contributed by atoms with Crippen molar-refractivity contribution in [2.75, 3.05) is 11.1 Å². The van der Waals surface area contributed by atoms with Crippen LogP contribution in [-0.4, -0.2) is 37.3 Å². The van der Waals surface area contributed by atoms with Crippen molar-refractivity contribution in [1.29, 1.82) is 0 Å². The highest BCUT2D eigenvalue weighted by Crippen LogP contribution is 2.19. The van der Waals surface area contributed by atoms with Crippen molar-refractivity contribution in [2.45, 2.75) is 39.7 Å². The van der Waals surface area contributed by atoms with Gasteiger partial charge in [-0.05, 0) is 24.0 Å². The summed E-state index contributed by atoms with van der Waals surface area (Å²) in [5.41, 5.74) is 6.17. The molecule has 128 valence electrons. The van der Waals surface area contributed by atoms with Gasteiger partial charge in [0.25, 0.3) is 10.0 Å². The second kappa shape index (κ2) is 8.16. The lowest BCUT2D eigenvalue weighted by Crippen LogP contribution is -2.35. The van der Waals surface area contributed by atoms with E-state index in [4.69, 9.17) is 5.73 Å². The van der Waals surface area contributed by atoms with Crippen LogP contribution >= 0.6 is 0 Å². The number of sulfonamides is 1. The number of nitrogens with one attached hydrogen (secondary N) is 1. The first-order valence-electron chi connectivity index (χ1n) is 7.32. The number of anilines is 1. The average Bonchev–Trinajstić information content (AvgIpc) is 2.45. The van der Waals surface area contributed by atoms with Gasteiger partial charge in [-0.3, -0.25) is 9.78 Å². The van der Waals surface area contributed by atoms with E-state index in [1.807, 2.05) is 20.8 Å². The number of nitrogens with zero attached hydrogens (tertiary/aromatic N) is 2. The number of carbonyl (C=O) groups is 1. The molecule has 1 amide bonds. The summed E-state index contributed by atoms with van der Waals surface area (Å²) in [5.74, 6) is -0.444. The Morgan fingerprint density at radius 1 is 1.48 bits per heavy atom. The first-order chi connectivity index (χ1) is 10.6. The number of nitrogens with two attached hydrogens (primary N) is 1. The zero-order valence-corrected chi connectivity index (χ0v) is 14.5. The van der Waals surface area contributed by atoms with Crippen molar-refractivity contribution in [3.8, 4) is 0 Å². The van der Waals surface area contributed by atoms with E-state index in [1.165, 1.54) is 12.4 Å². The molecule has 1 heterocycles. The monoisotopic (exact) mass is 340 g/mol. The van der Waals surface area contributed by atoms with E-state index in [2.05, 4.69) is 14.7 Å². The summed E-state index contributed by atoms with van der Waals surface area (Å²) in [6.07, 6.45) is 4.83. The number of rotatable bonds is 7. The third-order valence-corrected chi connectivity index (χ3v) is 4.16. The maximum atomic E-state index is 11.9. The zero-order valence-electron chi connectivity index (χ0n) is 13.7. The van der Waals surface area contributed by atoms with Crippen LogP contribution in [0.4, 0.5) is 5.69 Å². The number of hydrogen-bond donors (Lipinski definition) is 2. The van der Waals surface area contributed by atoms with Crippen LogP contribution in [0.5, 0.6) is 0 Å². The topological polar surface area (TPSA) is 115 Å². The molecule has 1 aromatic rings. The van der Waals surface area contributed by atoms with E-state index in [9.17, 15) is 13.2 Å². The summed E-state index contributed by atoms with van der Waals surface area (Å²) in [7, 11) is -3.52. The van der Waals surface area contributed by atoms with Crippen molar-refractivity contribution >= 4 is 27.8 Å². The van der Waals surface area contributed by atoms with Crippen molar-refractivity contribution in [3.05, 3.63) is 24.5 Å². The van der Waals surface area contributed by atoms with Gasteiger partial charge in [-0.25, -0.2) is 8.42 Å². The first-order valence-corrected chi connectivity index (χ1v) is 8.93. The van der Waals surface area contributed by atoms with E-state index in [0.717, 1.165) is 0 Å². The normalized spacial score (nSPS) is 13.9. The Hall–Kier alpha value is -1.80. The Morgan fingerprint density at radius 3 is 2.74 bits per heavy atom. The van der Waals surface area contributed by atoms with Gasteiger partial charge < -0.3 is 11.1 Å². The van der Waals surface area contributed by atoms with Gasteiger partial charge in [0.15, 0.2) is 0 Å². The molecule has 7 nitrogen and oxygen atoms in total. The minimum atomic E-state index is -3.52. The maximum absolute atomic E-state index is 11.9. The quantitative estimate of drug-likeness (QED) is 0.731. The molecule has 23 heavy (non-hydrogen) atoms. The standard InChI is InChI=1S/C15H24N4O3S/c1-15(2,3)7-10-23(21,22)18-9-6-13(16)14(20)19-12-5-4-8-17-11-12/h4-5,8-9,11,13H,6-7,10,16H2,1-3H3,(H,19,20)/t13-/m0/s1. The van der Waals surface area contributed by atoms with Gasteiger partial charge in [-0.1, -0.05) is 20.8 Å². The fourth-order valence-electron chi connectivity index (χ4n) is 1.54. The van der Waals surface area contributed by atoms with Gasteiger partial charge in [0.1, 0.15) is 0 Å². The fraction of sp³-hybridized carbons (Fsp3) is 0.533. The maximum Gasteiger partial charge on any atom is 0.252 e. The Labute approximate surface area is 137 Å². The van der Waals surface area contributed by atoms with Crippen LogP contribution in [0.1, 0.15) is 33.6 Å². The molecule has 0 spiro atoms. The highest BCUT2D eigenvalue weighted by Gasteiger charge is 2.17. The van der Waals surface area contributed by atoms with Gasteiger partial charge in [-0.15, -0.1) is 0 Å². The molecule has 0 bridgehead atoms. The molecule has 0 aliphatic rings. The minimum Gasteiger partial charge on any atom is -0.323 e. The lowest BCUT2D eigenvalue weighted by molar-refractivity contribution is -0.117. The molecule has 0 saturated heterocycles. The SMILES string of the molecule is CC(C)(C)CCS(=O)(=O)N=CC[C@H](N)C(=O)Nc1cccnc1. The van der Waals surface area contributed by atoms with Crippen LogP contribution in [0.25, 0.3) is 0 Å². The van der Waals surface area contributed by atoms with E-state index in [-0.39, 0.29) is 17.6 Å². The van der Waals surface area contributed by atoms with Gasteiger partial charge in [0, 0.05) is 18.8 Å². The number of amides is 1. The van der Waals surface area contributed by atoms with Crippen LogP contribution in [0.15, 0.2) is 28.9 Å². The smallest absolute Gasteiger partial charge is 0.252 e. The van der Waals surface area contributed by atoms with Crippen molar-refractivity contribution in [2.24, 2.45) is 15.5 Å². The number of hydrogen-bond acceptors (Lipinski definition) is 5. The number of pyridine rings is 1. The Balaban J connectivity index is 2.48. The van der Waals surface area contributed by atoms with Crippen LogP contribution in [-0.2, 0) is 14.8 Å². The molecule has 0 fully saturated rings. The van der Waals surface area contributed by atoms with Crippen LogP contribution < -0.4 is 11.1 Å². The highest BCUT2D eigenvalue weighted by atomic mass is 32.2. The lowest BCUT2D eigenvalue weighted by Gasteiger charge is -2.16. The first kappa shape index (κ1) is 19.2. The molecular formula is C15H24N4O3S. The van der Waals surface area contributed by atoms with E-state index in [1.54, 1.807) is 18.3 Å². The van der Waals surface area contributed by atoms with Gasteiger partial charge in [0.2, 0.25) is 5.91 Å². The fourth-order valence-corrected chi connectivity index (χ4v) is 2.83. The van der Waals surface area contributed by atoms with Crippen molar-refractivity contribution in [3.63, 3.8) is 0 Å².